The van der Waals surface area contributed by atoms with Crippen molar-refractivity contribution >= 4 is 34.0 Å². The Morgan fingerprint density at radius 3 is 2.68 bits per heavy atom. The van der Waals surface area contributed by atoms with Crippen molar-refractivity contribution in [3.05, 3.63) is 63.4 Å². The van der Waals surface area contributed by atoms with E-state index in [0.717, 1.165) is 12.0 Å². The molecule has 3 aromatic rings. The quantitative estimate of drug-likeness (QED) is 0.531. The van der Waals surface area contributed by atoms with E-state index in [2.05, 4.69) is 15.3 Å². The van der Waals surface area contributed by atoms with E-state index in [1.165, 1.54) is 19.5 Å². The van der Waals surface area contributed by atoms with Gasteiger partial charge < -0.3 is 10.1 Å². The van der Waals surface area contributed by atoms with Crippen molar-refractivity contribution in [3.63, 3.8) is 0 Å². The number of nitro benzene ring substituents is 1. The molecule has 1 heterocycles. The summed E-state index contributed by atoms with van der Waals surface area (Å²) < 4.78 is 5.07. The SMILES string of the molecule is COc1cc2ncnc(NCCc3ccc(Cl)cc3)c2cc1[N+](=O)[O-]. The molecule has 0 atom stereocenters. The molecule has 1 N–H and O–H groups in total. The van der Waals surface area contributed by atoms with Gasteiger partial charge in [0.15, 0.2) is 5.75 Å². The largest absolute Gasteiger partial charge is 0.490 e. The van der Waals surface area contributed by atoms with Gasteiger partial charge >= 0.3 is 5.69 Å². The fourth-order valence-corrected chi connectivity index (χ4v) is 2.62. The fraction of sp³-hybridized carbons (Fsp3) is 0.176. The molecule has 1 aromatic heterocycles. The van der Waals surface area contributed by atoms with Gasteiger partial charge in [0.1, 0.15) is 12.1 Å². The number of nitro groups is 1. The standard InChI is InChI=1S/C17H15ClN4O3/c1-25-16-9-14-13(8-15(16)22(23)24)17(21-10-20-14)19-7-6-11-2-4-12(18)5-3-11/h2-5,8-10H,6-7H2,1H3,(H,19,20,21). The van der Waals surface area contributed by atoms with Crippen LogP contribution in [0.4, 0.5) is 11.5 Å². The lowest BCUT2D eigenvalue weighted by Gasteiger charge is -2.09. The molecule has 0 aliphatic rings. The number of methoxy groups -OCH3 is 1. The van der Waals surface area contributed by atoms with Crippen LogP contribution in [0.15, 0.2) is 42.7 Å². The van der Waals surface area contributed by atoms with Crippen LogP contribution in [0.3, 0.4) is 0 Å². The van der Waals surface area contributed by atoms with E-state index in [4.69, 9.17) is 16.3 Å². The summed E-state index contributed by atoms with van der Waals surface area (Å²) in [4.78, 5) is 19.1. The molecule has 0 spiro atoms. The van der Waals surface area contributed by atoms with Gasteiger partial charge in [0.25, 0.3) is 0 Å². The third kappa shape index (κ3) is 3.77. The summed E-state index contributed by atoms with van der Waals surface area (Å²) in [6, 6.07) is 10.6. The molecule has 0 amide bonds. The predicted molar refractivity (Wildman–Crippen MR) is 96.4 cm³/mol. The van der Waals surface area contributed by atoms with Gasteiger partial charge in [-0.15, -0.1) is 0 Å². The maximum absolute atomic E-state index is 11.2. The second kappa shape index (κ2) is 7.31. The summed E-state index contributed by atoms with van der Waals surface area (Å²) in [6.07, 6.45) is 2.18. The van der Waals surface area contributed by atoms with Crippen molar-refractivity contribution in [2.24, 2.45) is 0 Å². The van der Waals surface area contributed by atoms with Crippen LogP contribution >= 0.6 is 11.6 Å². The molecule has 7 nitrogen and oxygen atoms in total. The topological polar surface area (TPSA) is 90.2 Å². The number of halogens is 1. The summed E-state index contributed by atoms with van der Waals surface area (Å²) in [5, 5.41) is 15.7. The van der Waals surface area contributed by atoms with E-state index in [0.29, 0.717) is 28.3 Å². The maximum atomic E-state index is 11.2. The molecular formula is C17H15ClN4O3. The van der Waals surface area contributed by atoms with Gasteiger partial charge in [0.05, 0.1) is 17.5 Å². The Labute approximate surface area is 148 Å². The van der Waals surface area contributed by atoms with Crippen molar-refractivity contribution in [1.82, 2.24) is 9.97 Å². The number of nitrogens with zero attached hydrogens (tertiary/aromatic N) is 3. The van der Waals surface area contributed by atoms with Crippen LogP contribution in [0.5, 0.6) is 5.75 Å². The highest BCUT2D eigenvalue weighted by atomic mass is 35.5. The molecule has 2 aromatic carbocycles. The first-order chi connectivity index (χ1) is 12.1. The lowest BCUT2D eigenvalue weighted by molar-refractivity contribution is -0.385. The molecule has 0 aliphatic heterocycles. The van der Waals surface area contributed by atoms with Gasteiger partial charge in [-0.1, -0.05) is 23.7 Å². The van der Waals surface area contributed by atoms with Crippen molar-refractivity contribution < 1.29 is 9.66 Å². The first-order valence-electron chi connectivity index (χ1n) is 7.54. The average molecular weight is 359 g/mol. The number of ether oxygens (including phenoxy) is 1. The highest BCUT2D eigenvalue weighted by Crippen LogP contribution is 2.33. The maximum Gasteiger partial charge on any atom is 0.311 e. The Balaban J connectivity index is 1.84. The summed E-state index contributed by atoms with van der Waals surface area (Å²) >= 11 is 5.87. The molecule has 0 bridgehead atoms. The van der Waals surface area contributed by atoms with E-state index in [1.807, 2.05) is 24.3 Å². The number of anilines is 1. The van der Waals surface area contributed by atoms with Crippen molar-refractivity contribution in [2.45, 2.75) is 6.42 Å². The molecule has 0 saturated heterocycles. The van der Waals surface area contributed by atoms with E-state index < -0.39 is 4.92 Å². The van der Waals surface area contributed by atoms with Crippen LogP contribution in [0.2, 0.25) is 5.02 Å². The molecule has 0 fully saturated rings. The predicted octanol–water partition coefficient (Wildman–Crippen LogP) is 3.85. The van der Waals surface area contributed by atoms with E-state index >= 15 is 0 Å². The van der Waals surface area contributed by atoms with Gasteiger partial charge in [-0.25, -0.2) is 9.97 Å². The number of nitrogens with one attached hydrogen (secondary N) is 1. The van der Waals surface area contributed by atoms with Gasteiger partial charge in [-0.2, -0.15) is 0 Å². The van der Waals surface area contributed by atoms with E-state index in [1.54, 1.807) is 6.07 Å². The first kappa shape index (κ1) is 16.9. The second-order valence-electron chi connectivity index (χ2n) is 5.32. The van der Waals surface area contributed by atoms with Gasteiger partial charge in [-0.3, -0.25) is 10.1 Å². The first-order valence-corrected chi connectivity index (χ1v) is 7.91. The van der Waals surface area contributed by atoms with Gasteiger partial charge in [-0.05, 0) is 24.1 Å². The zero-order valence-electron chi connectivity index (χ0n) is 13.4. The molecule has 8 heteroatoms. The Bertz CT molecular complexity index is 916. The van der Waals surface area contributed by atoms with E-state index in [-0.39, 0.29) is 11.4 Å². The molecular weight excluding hydrogens is 344 g/mol. The van der Waals surface area contributed by atoms with Crippen molar-refractivity contribution in [3.8, 4) is 5.75 Å². The van der Waals surface area contributed by atoms with Crippen LogP contribution in [0.1, 0.15) is 5.56 Å². The monoisotopic (exact) mass is 358 g/mol. The summed E-state index contributed by atoms with van der Waals surface area (Å²) in [6.45, 7) is 0.619. The summed E-state index contributed by atoms with van der Waals surface area (Å²) in [5.41, 5.74) is 1.58. The lowest BCUT2D eigenvalue weighted by Crippen LogP contribution is -2.07. The fourth-order valence-electron chi connectivity index (χ4n) is 2.50. The molecule has 0 unspecified atom stereocenters. The third-order valence-electron chi connectivity index (χ3n) is 3.75. The van der Waals surface area contributed by atoms with Crippen molar-refractivity contribution in [2.75, 3.05) is 19.0 Å². The zero-order chi connectivity index (χ0) is 17.8. The zero-order valence-corrected chi connectivity index (χ0v) is 14.2. The van der Waals surface area contributed by atoms with E-state index in [9.17, 15) is 10.1 Å². The number of hydrogen-bond acceptors (Lipinski definition) is 6. The second-order valence-corrected chi connectivity index (χ2v) is 5.76. The molecule has 0 aliphatic carbocycles. The molecule has 0 saturated carbocycles. The van der Waals surface area contributed by atoms with Crippen LogP contribution < -0.4 is 10.1 Å². The Morgan fingerprint density at radius 2 is 2.00 bits per heavy atom. The molecule has 25 heavy (non-hydrogen) atoms. The molecule has 3 rings (SSSR count). The van der Waals surface area contributed by atoms with Gasteiger partial charge in [0, 0.05) is 29.1 Å². The lowest BCUT2D eigenvalue weighted by atomic mass is 10.1. The van der Waals surface area contributed by atoms with Crippen LogP contribution in [-0.2, 0) is 6.42 Å². The minimum Gasteiger partial charge on any atom is -0.490 e. The number of fused-ring (bicyclic) bond motifs is 1. The van der Waals surface area contributed by atoms with Crippen LogP contribution in [0, 0.1) is 10.1 Å². The summed E-state index contributed by atoms with van der Waals surface area (Å²) in [5.74, 6) is 0.716. The van der Waals surface area contributed by atoms with Crippen LogP contribution in [0.25, 0.3) is 10.9 Å². The Morgan fingerprint density at radius 1 is 1.24 bits per heavy atom. The van der Waals surface area contributed by atoms with Crippen LogP contribution in [-0.4, -0.2) is 28.5 Å². The smallest absolute Gasteiger partial charge is 0.311 e. The number of rotatable bonds is 6. The molecule has 128 valence electrons. The highest BCUT2D eigenvalue weighted by molar-refractivity contribution is 6.30. The summed E-state index contributed by atoms with van der Waals surface area (Å²) in [7, 11) is 1.39. The number of aromatic nitrogens is 2. The minimum atomic E-state index is -0.483. The molecule has 0 radical (unpaired) electrons. The number of benzene rings is 2. The average Bonchev–Trinajstić information content (AvgIpc) is 2.62. The van der Waals surface area contributed by atoms with Gasteiger partial charge in [0.2, 0.25) is 0 Å². The van der Waals surface area contributed by atoms with Crippen molar-refractivity contribution in [1.29, 1.82) is 0 Å². The number of hydrogen-bond donors (Lipinski definition) is 1. The Kier molecular flexibility index (Phi) is 4.95. The highest BCUT2D eigenvalue weighted by Gasteiger charge is 2.18. The third-order valence-corrected chi connectivity index (χ3v) is 4.00. The normalized spacial score (nSPS) is 10.6. The minimum absolute atomic E-state index is 0.120. The Hall–Kier alpha value is -2.93.